The third kappa shape index (κ3) is 5.77. The number of anilines is 1. The van der Waals surface area contributed by atoms with Gasteiger partial charge in [-0.1, -0.05) is 47.6 Å². The second-order valence-electron chi connectivity index (χ2n) is 6.93. The van der Waals surface area contributed by atoms with Crippen molar-refractivity contribution in [3.63, 3.8) is 0 Å². The number of aromatic nitrogens is 3. The minimum absolute atomic E-state index is 0.132. The van der Waals surface area contributed by atoms with Gasteiger partial charge in [-0.05, 0) is 49.1 Å². The van der Waals surface area contributed by atoms with Crippen molar-refractivity contribution < 1.29 is 9.53 Å². The fourth-order valence-electron chi connectivity index (χ4n) is 3.11. The van der Waals surface area contributed by atoms with Crippen LogP contribution in [0.15, 0.2) is 47.6 Å². The van der Waals surface area contributed by atoms with Crippen LogP contribution in [0.1, 0.15) is 23.4 Å². The van der Waals surface area contributed by atoms with E-state index in [1.165, 1.54) is 17.3 Å². The summed E-state index contributed by atoms with van der Waals surface area (Å²) in [7, 11) is 3.62. The number of hydrogen-bond donors (Lipinski definition) is 1. The first-order valence-corrected chi connectivity index (χ1v) is 11.0. The lowest BCUT2D eigenvalue weighted by Gasteiger charge is -2.08. The molecule has 0 aliphatic heterocycles. The number of rotatable bonds is 9. The van der Waals surface area contributed by atoms with Gasteiger partial charge in [-0.15, -0.1) is 10.2 Å². The van der Waals surface area contributed by atoms with E-state index in [4.69, 9.17) is 16.3 Å². The monoisotopic (exact) mass is 444 g/mol. The lowest BCUT2D eigenvalue weighted by Crippen LogP contribution is -2.14. The molecule has 2 aromatic carbocycles. The predicted octanol–water partition coefficient (Wildman–Crippen LogP) is 4.69. The van der Waals surface area contributed by atoms with Crippen LogP contribution < -0.4 is 10.1 Å². The van der Waals surface area contributed by atoms with Gasteiger partial charge in [0.2, 0.25) is 5.91 Å². The maximum atomic E-state index is 12.2. The molecule has 0 spiro atoms. The number of halogens is 1. The van der Waals surface area contributed by atoms with Gasteiger partial charge in [-0.25, -0.2) is 0 Å². The lowest BCUT2D eigenvalue weighted by atomic mass is 10.0. The lowest BCUT2D eigenvalue weighted by molar-refractivity contribution is -0.113. The quantitative estimate of drug-likeness (QED) is 0.485. The molecule has 158 valence electrons. The molecule has 0 saturated heterocycles. The number of hydrogen-bond acceptors (Lipinski definition) is 5. The number of methoxy groups -OCH3 is 1. The first-order valence-electron chi connectivity index (χ1n) is 9.67. The third-order valence-corrected chi connectivity index (χ3v) is 6.08. The summed E-state index contributed by atoms with van der Waals surface area (Å²) in [5.41, 5.74) is 3.03. The van der Waals surface area contributed by atoms with E-state index in [0.717, 1.165) is 41.6 Å². The van der Waals surface area contributed by atoms with Gasteiger partial charge in [0, 0.05) is 13.5 Å². The molecule has 0 bridgehead atoms. The number of carbonyl (C=O) groups is 1. The van der Waals surface area contributed by atoms with Crippen molar-refractivity contribution in [2.45, 2.75) is 31.3 Å². The van der Waals surface area contributed by atoms with Crippen LogP contribution in [-0.4, -0.2) is 33.5 Å². The molecule has 0 unspecified atom stereocenters. The van der Waals surface area contributed by atoms with Crippen LogP contribution in [0.5, 0.6) is 5.75 Å². The number of nitrogens with zero attached hydrogens (tertiary/aromatic N) is 3. The predicted molar refractivity (Wildman–Crippen MR) is 122 cm³/mol. The zero-order valence-corrected chi connectivity index (χ0v) is 18.9. The van der Waals surface area contributed by atoms with Crippen LogP contribution >= 0.6 is 23.4 Å². The Bertz CT molecular complexity index is 1020. The third-order valence-electron chi connectivity index (χ3n) is 4.73. The van der Waals surface area contributed by atoms with Crippen molar-refractivity contribution in [1.29, 1.82) is 0 Å². The van der Waals surface area contributed by atoms with Gasteiger partial charge in [0.05, 0.1) is 23.6 Å². The number of amides is 1. The normalized spacial score (nSPS) is 10.8. The minimum Gasteiger partial charge on any atom is -0.496 e. The Morgan fingerprint density at radius 2 is 2.00 bits per heavy atom. The summed E-state index contributed by atoms with van der Waals surface area (Å²) in [4.78, 5) is 12.2. The molecule has 3 rings (SSSR count). The molecule has 1 heterocycles. The van der Waals surface area contributed by atoms with Crippen LogP contribution in [-0.2, 0) is 24.7 Å². The standard InChI is InChI=1S/C22H25ClN4O2S/c1-15-13-16(11-12-19(15)29-3)7-6-10-20-25-26-22(27(20)2)30-14-21(28)24-18-9-5-4-8-17(18)23/h4-5,8-9,11-13H,6-7,10,14H2,1-3H3,(H,24,28). The van der Waals surface area contributed by atoms with Crippen molar-refractivity contribution in [3.8, 4) is 5.75 Å². The van der Waals surface area contributed by atoms with E-state index in [0.29, 0.717) is 10.7 Å². The first kappa shape index (κ1) is 22.2. The molecule has 0 radical (unpaired) electrons. The number of carbonyl (C=O) groups excluding carboxylic acids is 1. The molecular weight excluding hydrogens is 420 g/mol. The average molecular weight is 445 g/mol. The highest BCUT2D eigenvalue weighted by Gasteiger charge is 2.12. The number of para-hydroxylation sites is 1. The summed E-state index contributed by atoms with van der Waals surface area (Å²) < 4.78 is 7.26. The first-order chi connectivity index (χ1) is 14.5. The largest absolute Gasteiger partial charge is 0.496 e. The molecule has 0 saturated carbocycles. The Morgan fingerprint density at radius 3 is 2.73 bits per heavy atom. The fourth-order valence-corrected chi connectivity index (χ4v) is 4.03. The Labute approximate surface area is 186 Å². The summed E-state index contributed by atoms with van der Waals surface area (Å²) >= 11 is 7.43. The molecule has 0 fully saturated rings. The zero-order chi connectivity index (χ0) is 21.5. The van der Waals surface area contributed by atoms with E-state index >= 15 is 0 Å². The van der Waals surface area contributed by atoms with Gasteiger partial charge >= 0.3 is 0 Å². The Morgan fingerprint density at radius 1 is 1.20 bits per heavy atom. The maximum absolute atomic E-state index is 12.2. The van der Waals surface area contributed by atoms with Gasteiger partial charge in [0.15, 0.2) is 5.16 Å². The molecule has 1 N–H and O–H groups in total. The van der Waals surface area contributed by atoms with E-state index in [-0.39, 0.29) is 11.7 Å². The van der Waals surface area contributed by atoms with E-state index in [1.807, 2.05) is 29.8 Å². The molecule has 30 heavy (non-hydrogen) atoms. The number of aryl methyl sites for hydroxylation is 3. The summed E-state index contributed by atoms with van der Waals surface area (Å²) in [5.74, 6) is 1.93. The SMILES string of the molecule is COc1ccc(CCCc2nnc(SCC(=O)Nc3ccccc3Cl)n2C)cc1C. The van der Waals surface area contributed by atoms with Crippen molar-refractivity contribution in [3.05, 3.63) is 64.4 Å². The maximum Gasteiger partial charge on any atom is 0.234 e. The van der Waals surface area contributed by atoms with Gasteiger partial charge in [-0.2, -0.15) is 0 Å². The molecule has 3 aromatic rings. The van der Waals surface area contributed by atoms with E-state index < -0.39 is 0 Å². The average Bonchev–Trinajstić information content (AvgIpc) is 3.08. The van der Waals surface area contributed by atoms with Crippen molar-refractivity contribution in [2.24, 2.45) is 7.05 Å². The smallest absolute Gasteiger partial charge is 0.234 e. The summed E-state index contributed by atoms with van der Waals surface area (Å²) in [5, 5.41) is 12.6. The molecule has 0 atom stereocenters. The highest BCUT2D eigenvalue weighted by Crippen LogP contribution is 2.22. The van der Waals surface area contributed by atoms with Crippen LogP contribution in [0, 0.1) is 6.92 Å². The number of ether oxygens (including phenoxy) is 1. The van der Waals surface area contributed by atoms with Crippen molar-refractivity contribution in [1.82, 2.24) is 14.8 Å². The highest BCUT2D eigenvalue weighted by molar-refractivity contribution is 7.99. The number of benzene rings is 2. The van der Waals surface area contributed by atoms with Crippen LogP contribution in [0.4, 0.5) is 5.69 Å². The van der Waals surface area contributed by atoms with Gasteiger partial charge in [0.25, 0.3) is 0 Å². The van der Waals surface area contributed by atoms with Crippen molar-refractivity contribution in [2.75, 3.05) is 18.2 Å². The zero-order valence-electron chi connectivity index (χ0n) is 17.3. The van der Waals surface area contributed by atoms with E-state index in [2.05, 4.69) is 34.6 Å². The van der Waals surface area contributed by atoms with Crippen LogP contribution in [0.25, 0.3) is 0 Å². The topological polar surface area (TPSA) is 69.0 Å². The van der Waals surface area contributed by atoms with Gasteiger partial charge < -0.3 is 14.6 Å². The fraction of sp³-hybridized carbons (Fsp3) is 0.318. The summed E-state index contributed by atoms with van der Waals surface area (Å²) in [6.45, 7) is 2.05. The second-order valence-corrected chi connectivity index (χ2v) is 8.28. The second kappa shape index (κ2) is 10.5. The molecule has 1 aromatic heterocycles. The summed E-state index contributed by atoms with van der Waals surface area (Å²) in [6, 6.07) is 13.4. The number of nitrogens with one attached hydrogen (secondary N) is 1. The Hall–Kier alpha value is -2.51. The molecule has 0 aliphatic carbocycles. The Balaban J connectivity index is 1.49. The van der Waals surface area contributed by atoms with E-state index in [1.54, 1.807) is 19.2 Å². The number of thioether (sulfide) groups is 1. The minimum atomic E-state index is -0.132. The Kier molecular flexibility index (Phi) is 7.76. The van der Waals surface area contributed by atoms with Gasteiger partial charge in [-0.3, -0.25) is 4.79 Å². The van der Waals surface area contributed by atoms with Crippen molar-refractivity contribution >= 4 is 35.0 Å². The summed E-state index contributed by atoms with van der Waals surface area (Å²) in [6.07, 6.45) is 2.75. The van der Waals surface area contributed by atoms with Crippen LogP contribution in [0.2, 0.25) is 5.02 Å². The highest BCUT2D eigenvalue weighted by atomic mass is 35.5. The van der Waals surface area contributed by atoms with E-state index in [9.17, 15) is 4.79 Å². The van der Waals surface area contributed by atoms with Gasteiger partial charge in [0.1, 0.15) is 11.6 Å². The molecule has 0 aliphatic rings. The molecule has 8 heteroatoms. The molecular formula is C22H25ClN4O2S. The molecule has 1 amide bonds. The van der Waals surface area contributed by atoms with Crippen LogP contribution in [0.3, 0.4) is 0 Å². The molecule has 6 nitrogen and oxygen atoms in total.